The number of allylic oxidation sites excluding steroid dienone is 1. The molecule has 0 aliphatic rings. The summed E-state index contributed by atoms with van der Waals surface area (Å²) in [5.41, 5.74) is 1.26. The number of esters is 1. The summed E-state index contributed by atoms with van der Waals surface area (Å²) in [6.07, 6.45) is 1.29. The van der Waals surface area contributed by atoms with Crippen LogP contribution in [-0.4, -0.2) is 36.0 Å². The first-order valence-electron chi connectivity index (χ1n) is 7.57. The van der Waals surface area contributed by atoms with Crippen LogP contribution in [0.25, 0.3) is 0 Å². The van der Waals surface area contributed by atoms with Crippen LogP contribution in [0.4, 0.5) is 4.79 Å². The maximum atomic E-state index is 12.3. The lowest BCUT2D eigenvalue weighted by Crippen LogP contribution is -2.31. The first kappa shape index (κ1) is 20.3. The maximum absolute atomic E-state index is 12.3. The van der Waals surface area contributed by atoms with Crippen molar-refractivity contribution in [3.8, 4) is 0 Å². The van der Waals surface area contributed by atoms with E-state index in [2.05, 4.69) is 0 Å². The fourth-order valence-corrected chi connectivity index (χ4v) is 2.11. The summed E-state index contributed by atoms with van der Waals surface area (Å²) in [4.78, 5) is 25.2. The van der Waals surface area contributed by atoms with Crippen LogP contribution in [0.2, 0.25) is 5.02 Å². The van der Waals surface area contributed by atoms with Crippen LogP contribution in [0.3, 0.4) is 0 Å². The van der Waals surface area contributed by atoms with Crippen LogP contribution in [0.15, 0.2) is 36.0 Å². The van der Waals surface area contributed by atoms with Crippen molar-refractivity contribution in [2.75, 3.05) is 19.0 Å². The van der Waals surface area contributed by atoms with E-state index >= 15 is 0 Å². The van der Waals surface area contributed by atoms with Crippen molar-refractivity contribution < 1.29 is 19.1 Å². The van der Waals surface area contributed by atoms with Crippen molar-refractivity contribution >= 4 is 35.3 Å². The van der Waals surface area contributed by atoms with Gasteiger partial charge in [-0.1, -0.05) is 23.7 Å². The van der Waals surface area contributed by atoms with E-state index in [0.717, 1.165) is 5.56 Å². The minimum Gasteiger partial charge on any atom is -0.463 e. The number of carbonyl (C=O) groups is 2. The summed E-state index contributed by atoms with van der Waals surface area (Å²) >= 11 is 11.5. The second kappa shape index (κ2) is 10.9. The Labute approximate surface area is 152 Å². The molecule has 0 N–H and O–H groups in total. The molecule has 1 amide bonds. The number of nitrogens with zero attached hydrogens (tertiary/aromatic N) is 1. The fourth-order valence-electron chi connectivity index (χ4n) is 1.87. The first-order valence-corrected chi connectivity index (χ1v) is 8.49. The predicted octanol–water partition coefficient (Wildman–Crippen LogP) is 4.37. The molecule has 1 rings (SSSR count). The van der Waals surface area contributed by atoms with E-state index in [1.807, 2.05) is 0 Å². The zero-order chi connectivity index (χ0) is 17.9. The summed E-state index contributed by atoms with van der Waals surface area (Å²) in [6.45, 7) is 4.09. The topological polar surface area (TPSA) is 55.8 Å². The van der Waals surface area contributed by atoms with Gasteiger partial charge in [0, 0.05) is 29.2 Å². The third kappa shape index (κ3) is 7.23. The van der Waals surface area contributed by atoms with Crippen molar-refractivity contribution in [3.63, 3.8) is 0 Å². The second-order valence-corrected chi connectivity index (χ2v) is 5.73. The number of ether oxygens (including phenoxy) is 2. The molecule has 0 spiro atoms. The number of hydrogen-bond donors (Lipinski definition) is 0. The molecule has 1 aromatic carbocycles. The highest BCUT2D eigenvalue weighted by atomic mass is 35.5. The molecule has 0 aliphatic heterocycles. The van der Waals surface area contributed by atoms with Gasteiger partial charge in [0.1, 0.15) is 6.61 Å². The molecule has 0 bridgehead atoms. The fraction of sp³-hybridized carbons (Fsp3) is 0.412. The maximum Gasteiger partial charge on any atom is 0.414 e. The second-order valence-electron chi connectivity index (χ2n) is 4.91. The van der Waals surface area contributed by atoms with Gasteiger partial charge in [-0.3, -0.25) is 4.90 Å². The van der Waals surface area contributed by atoms with E-state index < -0.39 is 12.1 Å². The van der Waals surface area contributed by atoms with Gasteiger partial charge >= 0.3 is 12.1 Å². The third-order valence-electron chi connectivity index (χ3n) is 3.05. The quantitative estimate of drug-likeness (QED) is 0.385. The average Bonchev–Trinajstić information content (AvgIpc) is 2.54. The minimum absolute atomic E-state index is 0.111. The monoisotopic (exact) mass is 373 g/mol. The Morgan fingerprint density at radius 1 is 1.21 bits per heavy atom. The standard InChI is InChI=1S/C17H21Cl2NO4/c1-3-23-16(21)11-13(2)20(10-4-9-18)17(22)24-12-14-5-7-15(19)8-6-14/h5-8,11H,3-4,9-10,12H2,1-2H3. The van der Waals surface area contributed by atoms with E-state index in [0.29, 0.717) is 29.6 Å². The number of hydrogen-bond acceptors (Lipinski definition) is 4. The smallest absolute Gasteiger partial charge is 0.414 e. The molecule has 5 nitrogen and oxygen atoms in total. The number of benzene rings is 1. The highest BCUT2D eigenvalue weighted by Crippen LogP contribution is 2.13. The molecule has 24 heavy (non-hydrogen) atoms. The molecule has 0 heterocycles. The van der Waals surface area contributed by atoms with Gasteiger partial charge in [-0.25, -0.2) is 9.59 Å². The third-order valence-corrected chi connectivity index (χ3v) is 3.57. The highest BCUT2D eigenvalue weighted by Gasteiger charge is 2.17. The first-order chi connectivity index (χ1) is 11.5. The summed E-state index contributed by atoms with van der Waals surface area (Å²) in [5.74, 6) is -0.107. The van der Waals surface area contributed by atoms with Crippen LogP contribution in [0.5, 0.6) is 0 Å². The van der Waals surface area contributed by atoms with Crippen molar-refractivity contribution in [1.29, 1.82) is 0 Å². The van der Waals surface area contributed by atoms with Gasteiger partial charge < -0.3 is 9.47 Å². The zero-order valence-corrected chi connectivity index (χ0v) is 15.3. The van der Waals surface area contributed by atoms with E-state index in [1.54, 1.807) is 38.1 Å². The zero-order valence-electron chi connectivity index (χ0n) is 13.8. The predicted molar refractivity (Wildman–Crippen MR) is 94.1 cm³/mol. The highest BCUT2D eigenvalue weighted by molar-refractivity contribution is 6.30. The Morgan fingerprint density at radius 3 is 2.46 bits per heavy atom. The Hall–Kier alpha value is -1.72. The normalized spacial score (nSPS) is 11.1. The van der Waals surface area contributed by atoms with E-state index in [9.17, 15) is 9.59 Å². The molecule has 132 valence electrons. The van der Waals surface area contributed by atoms with Crippen LogP contribution in [0, 0.1) is 0 Å². The van der Waals surface area contributed by atoms with E-state index in [4.69, 9.17) is 32.7 Å². The molecule has 0 radical (unpaired) electrons. The summed E-state index contributed by atoms with van der Waals surface area (Å²) in [5, 5.41) is 0.613. The molecule has 0 fully saturated rings. The number of halogens is 2. The van der Waals surface area contributed by atoms with Gasteiger partial charge in [0.15, 0.2) is 0 Å². The molecule has 0 saturated heterocycles. The Bertz CT molecular complexity index is 572. The molecule has 0 aromatic heterocycles. The molecule has 0 unspecified atom stereocenters. The van der Waals surface area contributed by atoms with Gasteiger partial charge in [-0.2, -0.15) is 0 Å². The Kier molecular flexibility index (Phi) is 9.27. The van der Waals surface area contributed by atoms with Gasteiger partial charge in [-0.05, 0) is 38.0 Å². The minimum atomic E-state index is -0.548. The summed E-state index contributed by atoms with van der Waals surface area (Å²) < 4.78 is 10.2. The van der Waals surface area contributed by atoms with Crippen molar-refractivity contribution in [2.24, 2.45) is 0 Å². The molecule has 0 saturated carbocycles. The summed E-state index contributed by atoms with van der Waals surface area (Å²) in [6, 6.07) is 7.00. The van der Waals surface area contributed by atoms with E-state index in [-0.39, 0.29) is 13.2 Å². The number of amides is 1. The van der Waals surface area contributed by atoms with Gasteiger partial charge in [0.2, 0.25) is 0 Å². The van der Waals surface area contributed by atoms with Crippen LogP contribution < -0.4 is 0 Å². The van der Waals surface area contributed by atoms with Gasteiger partial charge in [-0.15, -0.1) is 11.6 Å². The number of alkyl halides is 1. The SMILES string of the molecule is CCOC(=O)C=C(C)N(CCCCl)C(=O)OCc1ccc(Cl)cc1. The average molecular weight is 374 g/mol. The van der Waals surface area contributed by atoms with Crippen LogP contribution in [-0.2, 0) is 20.9 Å². The molecular formula is C17H21Cl2NO4. The van der Waals surface area contributed by atoms with Crippen molar-refractivity contribution in [1.82, 2.24) is 4.90 Å². The molecule has 7 heteroatoms. The Morgan fingerprint density at radius 2 is 1.88 bits per heavy atom. The number of rotatable bonds is 8. The number of carbonyl (C=O) groups excluding carboxylic acids is 2. The molecule has 0 aliphatic carbocycles. The molecule has 1 aromatic rings. The van der Waals surface area contributed by atoms with Crippen LogP contribution in [0.1, 0.15) is 25.8 Å². The van der Waals surface area contributed by atoms with Crippen molar-refractivity contribution in [3.05, 3.63) is 46.6 Å². The van der Waals surface area contributed by atoms with Crippen LogP contribution >= 0.6 is 23.2 Å². The van der Waals surface area contributed by atoms with Crippen molar-refractivity contribution in [2.45, 2.75) is 26.9 Å². The van der Waals surface area contributed by atoms with Gasteiger partial charge in [0.25, 0.3) is 0 Å². The Balaban J connectivity index is 2.72. The van der Waals surface area contributed by atoms with E-state index in [1.165, 1.54) is 11.0 Å². The summed E-state index contributed by atoms with van der Waals surface area (Å²) in [7, 11) is 0. The lowest BCUT2D eigenvalue weighted by Gasteiger charge is -2.22. The largest absolute Gasteiger partial charge is 0.463 e. The molecular weight excluding hydrogens is 353 g/mol. The van der Waals surface area contributed by atoms with Gasteiger partial charge in [0.05, 0.1) is 6.61 Å². The lowest BCUT2D eigenvalue weighted by atomic mass is 10.2. The molecule has 0 atom stereocenters. The lowest BCUT2D eigenvalue weighted by molar-refractivity contribution is -0.137.